The number of rotatable bonds is 18. The lowest BCUT2D eigenvalue weighted by Crippen LogP contribution is -2.28. The summed E-state index contributed by atoms with van der Waals surface area (Å²) in [5.41, 5.74) is 10.3. The van der Waals surface area contributed by atoms with E-state index in [2.05, 4.69) is 85.4 Å². The molecule has 15 heteroatoms. The molecule has 13 nitrogen and oxygen atoms in total. The number of anilines is 2. The molecule has 0 saturated carbocycles. The van der Waals surface area contributed by atoms with Gasteiger partial charge < -0.3 is 20.3 Å². The summed E-state index contributed by atoms with van der Waals surface area (Å²) in [6.45, 7) is 9.52. The van der Waals surface area contributed by atoms with Crippen molar-refractivity contribution in [2.24, 2.45) is 0 Å². The van der Waals surface area contributed by atoms with Crippen molar-refractivity contribution in [3.8, 4) is 5.75 Å². The molecule has 0 bridgehead atoms. The number of benzene rings is 4. The van der Waals surface area contributed by atoms with Crippen LogP contribution in [-0.4, -0.2) is 100 Å². The highest BCUT2D eigenvalue weighted by Crippen LogP contribution is 2.45. The van der Waals surface area contributed by atoms with Crippen molar-refractivity contribution in [2.45, 2.75) is 80.4 Å². The molecule has 0 aromatic heterocycles. The van der Waals surface area contributed by atoms with Crippen molar-refractivity contribution in [3.05, 3.63) is 161 Å². The minimum Gasteiger partial charge on any atom is -0.494 e. The van der Waals surface area contributed by atoms with E-state index in [0.29, 0.717) is 39.0 Å². The third-order valence-electron chi connectivity index (χ3n) is 13.3. The average Bonchev–Trinajstić information content (AvgIpc) is 3.69. The van der Waals surface area contributed by atoms with Crippen molar-refractivity contribution >= 4 is 60.2 Å². The van der Waals surface area contributed by atoms with Crippen molar-refractivity contribution in [1.82, 2.24) is 5.32 Å². The first-order valence-corrected chi connectivity index (χ1v) is 26.4. The zero-order chi connectivity index (χ0) is 50.6. The van der Waals surface area contributed by atoms with Gasteiger partial charge in [-0.1, -0.05) is 44.2 Å². The SMILES string of the molecule is CN(C)c1ccc(C(=C2C=CC(=[N+](C)C)C=C2)c2ccc(OCCCNC(=O)CCCCC[N+]3=C(/C=C/C=C4/Nc5ccc(S(=O)(=O)O)cc5C4(C)C)C(C)(C)c4cc(S(=O)(=O)O)ccc43)cc2)cc1. The molecule has 0 radical (unpaired) electrons. The van der Waals surface area contributed by atoms with E-state index in [1.54, 1.807) is 12.1 Å². The van der Waals surface area contributed by atoms with E-state index in [4.69, 9.17) is 4.74 Å². The third-order valence-corrected chi connectivity index (χ3v) is 15.0. The first-order valence-electron chi connectivity index (χ1n) is 23.5. The van der Waals surface area contributed by atoms with E-state index in [9.17, 15) is 30.7 Å². The molecule has 7 rings (SSSR count). The minimum absolute atomic E-state index is 0.0157. The van der Waals surface area contributed by atoms with E-state index in [1.807, 2.05) is 86.2 Å². The van der Waals surface area contributed by atoms with Crippen molar-refractivity contribution in [1.29, 1.82) is 0 Å². The van der Waals surface area contributed by atoms with Crippen LogP contribution in [0.4, 0.5) is 17.1 Å². The maximum atomic E-state index is 12.9. The van der Waals surface area contributed by atoms with Crippen LogP contribution in [0.5, 0.6) is 5.75 Å². The number of nitrogens with zero attached hydrogens (tertiary/aromatic N) is 3. The van der Waals surface area contributed by atoms with Crippen LogP contribution in [0.2, 0.25) is 0 Å². The highest BCUT2D eigenvalue weighted by Gasteiger charge is 2.45. The molecular weight excluding hydrogens is 923 g/mol. The Hall–Kier alpha value is -6.39. The fourth-order valence-corrected chi connectivity index (χ4v) is 10.2. The van der Waals surface area contributed by atoms with Crippen LogP contribution in [-0.2, 0) is 35.9 Å². The maximum absolute atomic E-state index is 12.9. The van der Waals surface area contributed by atoms with Gasteiger partial charge in [0.05, 0.1) is 21.8 Å². The first kappa shape index (κ1) is 51.5. The van der Waals surface area contributed by atoms with Crippen LogP contribution >= 0.6 is 0 Å². The van der Waals surface area contributed by atoms with Gasteiger partial charge in [-0.15, -0.1) is 0 Å². The van der Waals surface area contributed by atoms with Gasteiger partial charge >= 0.3 is 0 Å². The van der Waals surface area contributed by atoms with Crippen LogP contribution in [0.3, 0.4) is 0 Å². The van der Waals surface area contributed by atoms with Crippen molar-refractivity contribution in [3.63, 3.8) is 0 Å². The van der Waals surface area contributed by atoms with E-state index < -0.39 is 31.1 Å². The molecule has 0 spiro atoms. The van der Waals surface area contributed by atoms with Gasteiger partial charge in [0.25, 0.3) is 20.2 Å². The number of hydrogen-bond acceptors (Lipinski definition) is 8. The van der Waals surface area contributed by atoms with Gasteiger partial charge in [-0.05, 0) is 134 Å². The summed E-state index contributed by atoms with van der Waals surface area (Å²) in [4.78, 5) is 14.6. The number of allylic oxidation sites excluding steroid dienone is 9. The zero-order valence-corrected chi connectivity index (χ0v) is 42.9. The molecule has 0 unspecified atom stereocenters. The smallest absolute Gasteiger partial charge is 0.294 e. The molecule has 4 aromatic carbocycles. The molecule has 2 aliphatic heterocycles. The van der Waals surface area contributed by atoms with Gasteiger partial charge in [-0.2, -0.15) is 21.4 Å². The number of nitrogens with one attached hydrogen (secondary N) is 2. The monoisotopic (exact) mass is 987 g/mol. The molecular formula is C55H65N5O8S2+2. The topological polar surface area (TPSA) is 168 Å². The summed E-state index contributed by atoms with van der Waals surface area (Å²) in [6, 6.07) is 25.9. The summed E-state index contributed by atoms with van der Waals surface area (Å²) >= 11 is 0. The normalized spacial score (nSPS) is 16.4. The number of carbonyl (C=O) groups excluding carboxylic acids is 1. The first-order chi connectivity index (χ1) is 33.0. The Morgan fingerprint density at radius 3 is 2.00 bits per heavy atom. The van der Waals surface area contributed by atoms with E-state index in [-0.39, 0.29) is 15.7 Å². The number of hydrogen-bond donors (Lipinski definition) is 4. The molecule has 0 saturated heterocycles. The second kappa shape index (κ2) is 20.9. The largest absolute Gasteiger partial charge is 0.494 e. The van der Waals surface area contributed by atoms with Gasteiger partial charge in [0.15, 0.2) is 11.4 Å². The molecule has 70 heavy (non-hydrogen) atoms. The lowest BCUT2D eigenvalue weighted by molar-refractivity contribution is -0.462. The number of ether oxygens (including phenoxy) is 1. The Morgan fingerprint density at radius 2 is 1.39 bits per heavy atom. The standard InChI is InChI=1S/C55H63N5O8S2/c1-54(2)46-36-44(69(62,63)64)29-31-48(46)57-50(54)14-12-15-51-55(3,4)47-37-45(70(65,66)67)30-32-49(47)60(51)34-11-9-10-16-52(61)56-33-13-35-68-43-27-21-40(22-28-43)53(38-17-23-41(24-18-38)58(5)6)39-19-25-42(26-20-39)59(7)8/h12,14-15,17-32,36-37H,9-11,13,16,33-35H2,1-8H3,(H2-,56,61,62,63,64,65,66,67)/p+2. The van der Waals surface area contributed by atoms with Crippen molar-refractivity contribution in [2.75, 3.05) is 58.1 Å². The molecule has 1 aliphatic carbocycles. The second-order valence-electron chi connectivity index (χ2n) is 19.3. The lowest BCUT2D eigenvalue weighted by atomic mass is 9.81. The quantitative estimate of drug-likeness (QED) is 0.0429. The summed E-state index contributed by atoms with van der Waals surface area (Å²) in [5.74, 6) is 0.745. The van der Waals surface area contributed by atoms with Crippen LogP contribution in [0.1, 0.15) is 82.1 Å². The van der Waals surface area contributed by atoms with Crippen LogP contribution in [0.15, 0.2) is 149 Å². The second-order valence-corrected chi connectivity index (χ2v) is 22.2. The van der Waals surface area contributed by atoms with E-state index >= 15 is 0 Å². The molecule has 0 fully saturated rings. The fourth-order valence-electron chi connectivity index (χ4n) is 9.18. The number of amides is 1. The van der Waals surface area contributed by atoms with E-state index in [1.165, 1.54) is 24.3 Å². The highest BCUT2D eigenvalue weighted by atomic mass is 32.2. The van der Waals surface area contributed by atoms with E-state index in [0.717, 1.165) is 86.2 Å². The summed E-state index contributed by atoms with van der Waals surface area (Å²) in [6.07, 6.45) is 17.7. The molecule has 0 atom stereocenters. The molecule has 4 aromatic rings. The number of carbonyl (C=O) groups is 1. The van der Waals surface area contributed by atoms with Gasteiger partial charge in [0.1, 0.15) is 26.4 Å². The molecule has 1 amide bonds. The Balaban J connectivity index is 0.924. The Kier molecular flexibility index (Phi) is 15.4. The predicted octanol–water partition coefficient (Wildman–Crippen LogP) is 9.25. The van der Waals surface area contributed by atoms with Gasteiger partial charge in [0.2, 0.25) is 11.6 Å². The molecule has 368 valence electrons. The zero-order valence-electron chi connectivity index (χ0n) is 41.3. The molecule has 3 aliphatic rings. The van der Waals surface area contributed by atoms with Crippen LogP contribution < -0.4 is 20.3 Å². The fraction of sp³-hybridized carbons (Fsp3) is 0.327. The van der Waals surface area contributed by atoms with Gasteiger partial charge in [-0.3, -0.25) is 13.9 Å². The number of unbranched alkanes of at least 4 members (excludes halogenated alkanes) is 2. The Bertz CT molecular complexity index is 3100. The Labute approximate surface area is 413 Å². The summed E-state index contributed by atoms with van der Waals surface area (Å²) < 4.78 is 78.0. The summed E-state index contributed by atoms with van der Waals surface area (Å²) in [5, 5.41) is 6.41. The van der Waals surface area contributed by atoms with Crippen LogP contribution in [0.25, 0.3) is 5.57 Å². The van der Waals surface area contributed by atoms with Gasteiger partial charge in [-0.25, -0.2) is 4.58 Å². The summed E-state index contributed by atoms with van der Waals surface area (Å²) in [7, 11) is -0.670. The molecule has 4 N–H and O–H groups in total. The number of fused-ring (bicyclic) bond motifs is 2. The van der Waals surface area contributed by atoms with Crippen LogP contribution in [0, 0.1) is 0 Å². The highest BCUT2D eigenvalue weighted by molar-refractivity contribution is 7.86. The van der Waals surface area contributed by atoms with Crippen molar-refractivity contribution < 1.29 is 44.6 Å². The average molecular weight is 988 g/mol. The lowest BCUT2D eigenvalue weighted by Gasteiger charge is -2.20. The predicted molar refractivity (Wildman–Crippen MR) is 279 cm³/mol. The third kappa shape index (κ3) is 11.6. The van der Waals surface area contributed by atoms with Gasteiger partial charge in [0, 0.05) is 85.8 Å². The maximum Gasteiger partial charge on any atom is 0.294 e. The Morgan fingerprint density at radius 1 is 0.771 bits per heavy atom. The minimum atomic E-state index is -4.44. The molecule has 2 heterocycles.